The van der Waals surface area contributed by atoms with Crippen LogP contribution in [0.3, 0.4) is 0 Å². The summed E-state index contributed by atoms with van der Waals surface area (Å²) in [5, 5.41) is 2.59. The Kier molecular flexibility index (Phi) is 4.26. The number of aromatic nitrogens is 1. The van der Waals surface area contributed by atoms with E-state index in [2.05, 4.69) is 129 Å². The molecule has 2 aliphatic heterocycles. The lowest BCUT2D eigenvalue weighted by Crippen LogP contribution is -2.62. The van der Waals surface area contributed by atoms with Crippen LogP contribution in [-0.4, -0.2) is 11.3 Å². The standard InChI is InChI=1S/C35H28BNO/c1-21-14-16-31-28(18-21)36-27-19-25-24-12-8-9-13-29(24)37(23-10-6-5-7-11-23)30(25)20-26(27)35(3,4)33-22(2)15-17-32(38-31)34(33)36/h5-20H,1-4H3. The average Bonchev–Trinajstić information content (AvgIpc) is 3.24. The third kappa shape index (κ3) is 2.74. The molecule has 1 aromatic heterocycles. The quantitative estimate of drug-likeness (QED) is 0.235. The molecule has 0 saturated heterocycles. The second-order valence-corrected chi connectivity index (χ2v) is 11.5. The zero-order valence-corrected chi connectivity index (χ0v) is 22.2. The SMILES string of the molecule is Cc1ccc2c(c1)B1c3cc4c5ccccc5n(-c5ccccc5)c4cc3C(C)(C)c3c(C)ccc(c31)O2. The molecule has 0 N–H and O–H groups in total. The van der Waals surface area contributed by atoms with Crippen LogP contribution in [0.1, 0.15) is 36.1 Å². The summed E-state index contributed by atoms with van der Waals surface area (Å²) in [5.41, 5.74) is 12.9. The van der Waals surface area contributed by atoms with Crippen molar-refractivity contribution in [1.29, 1.82) is 0 Å². The number of ether oxygens (including phenoxy) is 1. The van der Waals surface area contributed by atoms with E-state index in [1.807, 2.05) is 0 Å². The highest BCUT2D eigenvalue weighted by Gasteiger charge is 2.46. The Morgan fingerprint density at radius 1 is 0.684 bits per heavy atom. The maximum absolute atomic E-state index is 6.56. The summed E-state index contributed by atoms with van der Waals surface area (Å²) in [6, 6.07) is 35.6. The zero-order valence-electron chi connectivity index (χ0n) is 22.2. The van der Waals surface area contributed by atoms with Crippen LogP contribution in [0.25, 0.3) is 27.5 Å². The molecule has 0 fully saturated rings. The van der Waals surface area contributed by atoms with Crippen molar-refractivity contribution >= 4 is 44.9 Å². The fourth-order valence-electron chi connectivity index (χ4n) is 7.30. The first-order chi connectivity index (χ1) is 18.4. The topological polar surface area (TPSA) is 14.2 Å². The van der Waals surface area contributed by atoms with E-state index in [0.717, 1.165) is 11.5 Å². The molecule has 0 amide bonds. The zero-order chi connectivity index (χ0) is 25.8. The largest absolute Gasteiger partial charge is 0.458 e. The van der Waals surface area contributed by atoms with Crippen LogP contribution < -0.4 is 21.1 Å². The van der Waals surface area contributed by atoms with E-state index < -0.39 is 0 Å². The Morgan fingerprint density at radius 3 is 2.29 bits per heavy atom. The maximum atomic E-state index is 6.56. The summed E-state index contributed by atoms with van der Waals surface area (Å²) in [6.45, 7) is 9.35. The van der Waals surface area contributed by atoms with Crippen molar-refractivity contribution in [1.82, 2.24) is 4.57 Å². The van der Waals surface area contributed by atoms with E-state index in [1.165, 1.54) is 66.1 Å². The smallest absolute Gasteiger partial charge is 0.251 e. The Bertz CT molecular complexity index is 1950. The summed E-state index contributed by atoms with van der Waals surface area (Å²) in [7, 11) is 0. The molecule has 0 spiro atoms. The summed E-state index contributed by atoms with van der Waals surface area (Å²) < 4.78 is 8.99. The Hall–Kier alpha value is -4.24. The highest BCUT2D eigenvalue weighted by atomic mass is 16.5. The first-order valence-corrected chi connectivity index (χ1v) is 13.5. The number of benzene rings is 5. The molecule has 3 heteroatoms. The molecule has 5 aromatic carbocycles. The van der Waals surface area contributed by atoms with Gasteiger partial charge in [0, 0.05) is 21.9 Å². The maximum Gasteiger partial charge on any atom is 0.251 e. The van der Waals surface area contributed by atoms with Gasteiger partial charge < -0.3 is 9.30 Å². The Balaban J connectivity index is 1.54. The fraction of sp³-hybridized carbons (Fsp3) is 0.143. The van der Waals surface area contributed by atoms with Crippen LogP contribution in [0, 0.1) is 13.8 Å². The van der Waals surface area contributed by atoms with E-state index in [0.29, 0.717) is 0 Å². The van der Waals surface area contributed by atoms with Gasteiger partial charge in [0.15, 0.2) is 0 Å². The van der Waals surface area contributed by atoms with Crippen LogP contribution in [0.5, 0.6) is 11.5 Å². The van der Waals surface area contributed by atoms with Crippen LogP contribution in [0.2, 0.25) is 0 Å². The summed E-state index contributed by atoms with van der Waals surface area (Å²) in [4.78, 5) is 0. The van der Waals surface area contributed by atoms with Crippen LogP contribution in [-0.2, 0) is 5.41 Å². The first kappa shape index (κ1) is 21.8. The number of fused-ring (bicyclic) bond motifs is 7. The van der Waals surface area contributed by atoms with Gasteiger partial charge >= 0.3 is 0 Å². The van der Waals surface area contributed by atoms with Gasteiger partial charge in [-0.25, -0.2) is 0 Å². The normalized spacial score (nSPS) is 14.7. The molecule has 3 heterocycles. The lowest BCUT2D eigenvalue weighted by molar-refractivity contribution is 0.484. The number of rotatable bonds is 1. The summed E-state index contributed by atoms with van der Waals surface area (Å²) in [5.74, 6) is 1.97. The van der Waals surface area contributed by atoms with Crippen molar-refractivity contribution < 1.29 is 4.74 Å². The van der Waals surface area contributed by atoms with Crippen molar-refractivity contribution in [2.24, 2.45) is 0 Å². The highest BCUT2D eigenvalue weighted by Crippen LogP contribution is 2.42. The molecular weight excluding hydrogens is 461 g/mol. The van der Waals surface area contributed by atoms with Gasteiger partial charge in [0.1, 0.15) is 11.5 Å². The monoisotopic (exact) mass is 489 g/mol. The average molecular weight is 489 g/mol. The van der Waals surface area contributed by atoms with Crippen LogP contribution in [0.15, 0.2) is 97.1 Å². The minimum atomic E-state index is -0.169. The Labute approximate surface area is 223 Å². The third-order valence-corrected chi connectivity index (χ3v) is 8.87. The van der Waals surface area contributed by atoms with Crippen LogP contribution in [0.4, 0.5) is 0 Å². The van der Waals surface area contributed by atoms with Gasteiger partial charge in [-0.1, -0.05) is 85.5 Å². The van der Waals surface area contributed by atoms with Crippen molar-refractivity contribution in [2.75, 3.05) is 0 Å². The number of hydrogen-bond donors (Lipinski definition) is 0. The molecule has 8 rings (SSSR count). The second kappa shape index (κ2) is 7.42. The minimum Gasteiger partial charge on any atom is -0.458 e. The van der Waals surface area contributed by atoms with Crippen molar-refractivity contribution in [3.63, 3.8) is 0 Å². The lowest BCUT2D eigenvalue weighted by atomic mass is 9.30. The summed E-state index contributed by atoms with van der Waals surface area (Å²) in [6.07, 6.45) is 0. The molecule has 182 valence electrons. The molecule has 38 heavy (non-hydrogen) atoms. The molecule has 0 radical (unpaired) electrons. The van der Waals surface area contributed by atoms with Gasteiger partial charge in [0.05, 0.1) is 11.0 Å². The molecule has 0 aliphatic carbocycles. The second-order valence-electron chi connectivity index (χ2n) is 11.5. The van der Waals surface area contributed by atoms with E-state index in [9.17, 15) is 0 Å². The highest BCUT2D eigenvalue weighted by molar-refractivity contribution is 6.98. The number of hydrogen-bond acceptors (Lipinski definition) is 1. The number of nitrogens with zero attached hydrogens (tertiary/aromatic N) is 1. The predicted octanol–water partition coefficient (Wildman–Crippen LogP) is 6.66. The van der Waals surface area contributed by atoms with Gasteiger partial charge in [-0.05, 0) is 77.9 Å². The van der Waals surface area contributed by atoms with E-state index >= 15 is 0 Å². The van der Waals surface area contributed by atoms with E-state index in [4.69, 9.17) is 4.74 Å². The van der Waals surface area contributed by atoms with Gasteiger partial charge in [-0.15, -0.1) is 0 Å². The number of para-hydroxylation sites is 2. The summed E-state index contributed by atoms with van der Waals surface area (Å²) >= 11 is 0. The van der Waals surface area contributed by atoms with Gasteiger partial charge in [-0.3, -0.25) is 0 Å². The molecule has 0 bridgehead atoms. The molecule has 2 nitrogen and oxygen atoms in total. The molecule has 6 aromatic rings. The predicted molar refractivity (Wildman–Crippen MR) is 160 cm³/mol. The molecule has 2 aliphatic rings. The van der Waals surface area contributed by atoms with Gasteiger partial charge in [0.25, 0.3) is 6.71 Å². The van der Waals surface area contributed by atoms with Crippen molar-refractivity contribution in [3.8, 4) is 17.2 Å². The molecule has 0 atom stereocenters. The Morgan fingerprint density at radius 2 is 1.45 bits per heavy atom. The van der Waals surface area contributed by atoms with Crippen molar-refractivity contribution in [2.45, 2.75) is 33.1 Å². The minimum absolute atomic E-state index is 0.148. The van der Waals surface area contributed by atoms with Crippen LogP contribution >= 0.6 is 0 Å². The third-order valence-electron chi connectivity index (χ3n) is 8.87. The van der Waals surface area contributed by atoms with E-state index in [1.54, 1.807) is 0 Å². The van der Waals surface area contributed by atoms with Crippen molar-refractivity contribution in [3.05, 3.63) is 119 Å². The molecular formula is C35H28BNO. The lowest BCUT2D eigenvalue weighted by Gasteiger charge is -2.42. The fourth-order valence-corrected chi connectivity index (χ4v) is 7.30. The first-order valence-electron chi connectivity index (χ1n) is 13.5. The molecule has 0 saturated carbocycles. The molecule has 0 unspecified atom stereocenters. The van der Waals surface area contributed by atoms with E-state index in [-0.39, 0.29) is 12.1 Å². The number of aryl methyl sites for hydroxylation is 2. The van der Waals surface area contributed by atoms with Gasteiger partial charge in [-0.2, -0.15) is 0 Å². The van der Waals surface area contributed by atoms with Gasteiger partial charge in [0.2, 0.25) is 0 Å².